The number of fused-ring (bicyclic) bond motifs is 1. The molecule has 178 valence electrons. The number of hydrogen-bond acceptors (Lipinski definition) is 5. The van der Waals surface area contributed by atoms with Gasteiger partial charge in [0.1, 0.15) is 6.54 Å². The summed E-state index contributed by atoms with van der Waals surface area (Å²) >= 11 is 6.09. The van der Waals surface area contributed by atoms with Gasteiger partial charge in [-0.1, -0.05) is 11.6 Å². The molecule has 3 heterocycles. The number of imide groups is 1. The molecule has 0 saturated carbocycles. The molecule has 0 unspecified atom stereocenters. The molecule has 11 heteroatoms. The van der Waals surface area contributed by atoms with Crippen molar-refractivity contribution in [2.45, 2.75) is 20.0 Å². The van der Waals surface area contributed by atoms with Crippen LogP contribution in [0.5, 0.6) is 0 Å². The Morgan fingerprint density at radius 3 is 2.71 bits per heavy atom. The van der Waals surface area contributed by atoms with E-state index < -0.39 is 23.9 Å². The fraction of sp³-hybridized carbons (Fsp3) is 0.304. The zero-order valence-electron chi connectivity index (χ0n) is 18.9. The molecule has 0 spiro atoms. The van der Waals surface area contributed by atoms with Gasteiger partial charge < -0.3 is 25.2 Å². The number of aromatic nitrogens is 1. The summed E-state index contributed by atoms with van der Waals surface area (Å²) in [5.74, 6) is -1.08. The van der Waals surface area contributed by atoms with E-state index in [1.807, 2.05) is 0 Å². The molecular weight excluding hydrogens is 462 g/mol. The molecule has 34 heavy (non-hydrogen) atoms. The zero-order valence-corrected chi connectivity index (χ0v) is 19.6. The Labute approximate surface area is 200 Å². The number of aliphatic hydroxyl groups is 1. The molecule has 0 aliphatic carbocycles. The number of aliphatic hydroxyl groups excluding tert-OH is 1. The number of anilines is 1. The summed E-state index contributed by atoms with van der Waals surface area (Å²) in [6.07, 6.45) is 2.27. The maximum Gasteiger partial charge on any atom is 0.327 e. The van der Waals surface area contributed by atoms with E-state index in [0.717, 1.165) is 4.90 Å². The minimum Gasteiger partial charge on any atom is -0.389 e. The summed E-state index contributed by atoms with van der Waals surface area (Å²) in [6.45, 7) is 3.14. The fourth-order valence-electron chi connectivity index (χ4n) is 4.11. The van der Waals surface area contributed by atoms with Crippen molar-refractivity contribution in [3.63, 3.8) is 0 Å². The summed E-state index contributed by atoms with van der Waals surface area (Å²) in [6, 6.07) is 4.65. The van der Waals surface area contributed by atoms with Crippen LogP contribution in [-0.2, 0) is 9.59 Å². The number of nitrogens with zero attached hydrogens (tertiary/aromatic N) is 3. The number of β-amino-alcohol motifs (C(OH)–C–C–N with tert-alkyl or cyclic N) is 1. The van der Waals surface area contributed by atoms with Crippen LogP contribution in [0.1, 0.15) is 27.2 Å². The number of rotatable bonds is 6. The van der Waals surface area contributed by atoms with Crippen molar-refractivity contribution in [3.05, 3.63) is 51.8 Å². The molecule has 4 rings (SSSR count). The first-order valence-corrected chi connectivity index (χ1v) is 11.0. The van der Waals surface area contributed by atoms with Crippen LogP contribution in [0.15, 0.2) is 24.4 Å². The third-order valence-electron chi connectivity index (χ3n) is 5.86. The molecule has 2 aromatic rings. The van der Waals surface area contributed by atoms with Gasteiger partial charge in [0.05, 0.1) is 23.8 Å². The summed E-state index contributed by atoms with van der Waals surface area (Å²) < 4.78 is 1.70. The van der Waals surface area contributed by atoms with Gasteiger partial charge in [-0.05, 0) is 37.6 Å². The average Bonchev–Trinajstić information content (AvgIpc) is 3.32. The van der Waals surface area contributed by atoms with E-state index in [1.54, 1.807) is 49.0 Å². The van der Waals surface area contributed by atoms with Crippen LogP contribution < -0.4 is 10.6 Å². The van der Waals surface area contributed by atoms with Gasteiger partial charge in [-0.15, -0.1) is 0 Å². The predicted molar refractivity (Wildman–Crippen MR) is 126 cm³/mol. The second kappa shape index (κ2) is 8.96. The quantitative estimate of drug-likeness (QED) is 0.424. The molecular formula is C23H24ClN5O5. The van der Waals surface area contributed by atoms with Gasteiger partial charge in [0, 0.05) is 48.0 Å². The molecule has 0 bridgehead atoms. The van der Waals surface area contributed by atoms with Crippen LogP contribution in [0, 0.1) is 13.8 Å². The Balaban J connectivity index is 1.48. The number of urea groups is 1. The van der Waals surface area contributed by atoms with Gasteiger partial charge in [-0.2, -0.15) is 0 Å². The number of nitrogens with one attached hydrogen (secondary N) is 2. The normalized spacial score (nSPS) is 17.4. The van der Waals surface area contributed by atoms with Crippen molar-refractivity contribution < 1.29 is 24.3 Å². The Hall–Kier alpha value is -3.63. The predicted octanol–water partition coefficient (Wildman–Crippen LogP) is 1.69. The molecule has 2 aliphatic heterocycles. The maximum absolute atomic E-state index is 12.9. The number of likely N-dealkylation sites (N-methyl/N-ethyl adjacent to an activating group) is 1. The molecule has 0 radical (unpaired) electrons. The summed E-state index contributed by atoms with van der Waals surface area (Å²) in [5, 5.41) is 16.2. The molecule has 1 aromatic carbocycles. The van der Waals surface area contributed by atoms with Crippen molar-refractivity contribution >= 4 is 52.8 Å². The summed E-state index contributed by atoms with van der Waals surface area (Å²) in [7, 11) is 1.50. The van der Waals surface area contributed by atoms with Crippen LogP contribution in [0.4, 0.5) is 10.5 Å². The van der Waals surface area contributed by atoms with Crippen molar-refractivity contribution in [3.8, 4) is 0 Å². The van der Waals surface area contributed by atoms with Gasteiger partial charge in [0.15, 0.2) is 0 Å². The van der Waals surface area contributed by atoms with Gasteiger partial charge >= 0.3 is 6.03 Å². The van der Waals surface area contributed by atoms with Gasteiger partial charge in [0.25, 0.3) is 11.8 Å². The average molecular weight is 486 g/mol. The molecule has 2 aliphatic rings. The number of carbonyl (C=O) groups is 4. The Morgan fingerprint density at radius 2 is 2.03 bits per heavy atom. The lowest BCUT2D eigenvalue weighted by atomic mass is 10.1. The molecule has 1 atom stereocenters. The van der Waals surface area contributed by atoms with Gasteiger partial charge in [-0.25, -0.2) is 4.79 Å². The monoisotopic (exact) mass is 485 g/mol. The maximum atomic E-state index is 12.9. The van der Waals surface area contributed by atoms with E-state index in [4.69, 9.17) is 11.6 Å². The molecule has 1 saturated heterocycles. The number of hydrogen-bond donors (Lipinski definition) is 3. The van der Waals surface area contributed by atoms with Crippen LogP contribution in [0.2, 0.25) is 5.02 Å². The lowest BCUT2D eigenvalue weighted by molar-refractivity contribution is -0.126. The van der Waals surface area contributed by atoms with Crippen LogP contribution in [0.25, 0.3) is 11.8 Å². The largest absolute Gasteiger partial charge is 0.389 e. The third kappa shape index (κ3) is 4.29. The smallest absolute Gasteiger partial charge is 0.327 e. The Morgan fingerprint density at radius 1 is 1.29 bits per heavy atom. The van der Waals surface area contributed by atoms with Crippen molar-refractivity contribution in [1.29, 1.82) is 0 Å². The molecule has 3 N–H and O–H groups in total. The zero-order chi connectivity index (χ0) is 24.7. The molecule has 5 amide bonds. The van der Waals surface area contributed by atoms with Crippen molar-refractivity contribution in [2.24, 2.45) is 0 Å². The number of carbonyl (C=O) groups excluding carboxylic acids is 4. The number of benzene rings is 1. The topological polar surface area (TPSA) is 124 Å². The van der Waals surface area contributed by atoms with E-state index >= 15 is 0 Å². The van der Waals surface area contributed by atoms with E-state index in [2.05, 4.69) is 10.6 Å². The van der Waals surface area contributed by atoms with Gasteiger partial charge in [0.2, 0.25) is 5.91 Å². The van der Waals surface area contributed by atoms with E-state index in [9.17, 15) is 24.3 Å². The Kier molecular flexibility index (Phi) is 6.20. The van der Waals surface area contributed by atoms with E-state index in [1.165, 1.54) is 11.9 Å². The lowest BCUT2D eigenvalue weighted by Gasteiger charge is -2.18. The molecule has 1 aromatic heterocycles. The van der Waals surface area contributed by atoms with Gasteiger partial charge in [-0.3, -0.25) is 19.3 Å². The minimum atomic E-state index is -1.11. The van der Waals surface area contributed by atoms with Crippen LogP contribution in [-0.4, -0.2) is 76.0 Å². The third-order valence-corrected chi connectivity index (χ3v) is 6.09. The highest BCUT2D eigenvalue weighted by molar-refractivity contribution is 6.36. The summed E-state index contributed by atoms with van der Waals surface area (Å²) in [4.78, 5) is 51.4. The SMILES string of the molecule is Cc1cn(/C=C2\C(=O)Nc3ccc(Cl)cc32)c(C)c1C(=O)NC[C@@H](O)CN1C(=O)CN(C)C1=O. The number of amides is 5. The van der Waals surface area contributed by atoms with Crippen molar-refractivity contribution in [2.75, 3.05) is 32.0 Å². The second-order valence-electron chi connectivity index (χ2n) is 8.37. The first kappa shape index (κ1) is 23.5. The lowest BCUT2D eigenvalue weighted by Crippen LogP contribution is -2.43. The Bertz CT molecular complexity index is 1250. The minimum absolute atomic E-state index is 0.0337. The van der Waals surface area contributed by atoms with Crippen LogP contribution >= 0.6 is 11.6 Å². The highest BCUT2D eigenvalue weighted by Gasteiger charge is 2.34. The fourth-order valence-corrected chi connectivity index (χ4v) is 4.28. The molecule has 10 nitrogen and oxygen atoms in total. The van der Waals surface area contributed by atoms with E-state index in [0.29, 0.717) is 38.7 Å². The van der Waals surface area contributed by atoms with Crippen LogP contribution in [0.3, 0.4) is 0 Å². The van der Waals surface area contributed by atoms with Crippen molar-refractivity contribution in [1.82, 2.24) is 19.7 Å². The standard InChI is InChI=1S/C23H24ClN5O5/c1-12-8-28(10-17-16-6-14(24)4-5-18(16)26-21(17)32)13(2)20(12)22(33)25-7-15(30)9-29-19(31)11-27(3)23(29)34/h4-6,8,10,15,30H,7,9,11H2,1-3H3,(H,25,33)(H,26,32)/b17-10-/t15-/m1/s1. The first-order valence-electron chi connectivity index (χ1n) is 10.6. The van der Waals surface area contributed by atoms with E-state index in [-0.39, 0.29) is 25.5 Å². The highest BCUT2D eigenvalue weighted by Crippen LogP contribution is 2.34. The highest BCUT2D eigenvalue weighted by atomic mass is 35.5. The number of halogens is 1. The number of aryl methyl sites for hydroxylation is 1. The first-order chi connectivity index (χ1) is 16.1. The summed E-state index contributed by atoms with van der Waals surface area (Å²) in [5.41, 5.74) is 3.44. The second-order valence-corrected chi connectivity index (χ2v) is 8.81. The molecule has 1 fully saturated rings.